The molecule has 2 unspecified atom stereocenters. The summed E-state index contributed by atoms with van der Waals surface area (Å²) >= 11 is 1.95. The molecule has 1 aromatic rings. The average molecular weight is 344 g/mol. The fraction of sp³-hybridized carbons (Fsp3) is 0.588. The number of halogens is 3. The van der Waals surface area contributed by atoms with Gasteiger partial charge in [0.05, 0.1) is 12.7 Å². The van der Waals surface area contributed by atoms with Crippen molar-refractivity contribution < 1.29 is 22.7 Å². The Kier molecular flexibility index (Phi) is 4.63. The van der Waals surface area contributed by atoms with Crippen molar-refractivity contribution in [1.29, 1.82) is 0 Å². The van der Waals surface area contributed by atoms with Gasteiger partial charge in [0.2, 0.25) is 0 Å². The number of alkyl halides is 3. The Labute approximate surface area is 137 Å². The lowest BCUT2D eigenvalue weighted by molar-refractivity contribution is -0.138. The maximum Gasteiger partial charge on any atom is 0.419 e. The number of benzene rings is 1. The molecule has 126 valence electrons. The Bertz CT molecular complexity index is 588. The number of carbonyl (C=O) groups is 1. The second-order valence-corrected chi connectivity index (χ2v) is 7.86. The Morgan fingerprint density at radius 3 is 2.43 bits per heavy atom. The van der Waals surface area contributed by atoms with Crippen LogP contribution in [0.3, 0.4) is 0 Å². The van der Waals surface area contributed by atoms with Crippen LogP contribution in [0.15, 0.2) is 18.2 Å². The number of thioether (sulfide) groups is 1. The first-order chi connectivity index (χ1) is 10.9. The average Bonchev–Trinajstić information content (AvgIpc) is 2.52. The van der Waals surface area contributed by atoms with E-state index in [-0.39, 0.29) is 23.0 Å². The highest BCUT2D eigenvalue weighted by atomic mass is 32.2. The number of ether oxygens (including phenoxy) is 1. The summed E-state index contributed by atoms with van der Waals surface area (Å²) in [7, 11) is 1.20. The summed E-state index contributed by atoms with van der Waals surface area (Å²) in [6.45, 7) is 0. The molecule has 2 fully saturated rings. The molecule has 0 radical (unpaired) electrons. The Morgan fingerprint density at radius 1 is 1.22 bits per heavy atom. The van der Waals surface area contributed by atoms with Gasteiger partial charge in [-0.05, 0) is 43.9 Å². The van der Waals surface area contributed by atoms with Crippen LogP contribution < -0.4 is 4.74 Å². The number of hydrogen-bond acceptors (Lipinski definition) is 3. The van der Waals surface area contributed by atoms with Gasteiger partial charge in [-0.1, -0.05) is 6.42 Å². The molecule has 2 nitrogen and oxygen atoms in total. The van der Waals surface area contributed by atoms with E-state index in [1.54, 1.807) is 0 Å². The fourth-order valence-corrected chi connectivity index (χ4v) is 5.43. The van der Waals surface area contributed by atoms with Gasteiger partial charge >= 0.3 is 6.18 Å². The third-order valence-corrected chi connectivity index (χ3v) is 6.32. The van der Waals surface area contributed by atoms with E-state index in [2.05, 4.69) is 0 Å². The predicted octanol–water partition coefficient (Wildman–Crippen LogP) is 4.96. The number of hydrogen-bond donors (Lipinski definition) is 0. The second-order valence-electron chi connectivity index (χ2n) is 6.26. The smallest absolute Gasteiger partial charge is 0.419 e. The molecule has 6 heteroatoms. The van der Waals surface area contributed by atoms with E-state index in [0.717, 1.165) is 31.7 Å². The van der Waals surface area contributed by atoms with Crippen LogP contribution in [-0.2, 0) is 6.18 Å². The van der Waals surface area contributed by atoms with Gasteiger partial charge in [0.1, 0.15) is 5.75 Å². The highest BCUT2D eigenvalue weighted by Gasteiger charge is 2.38. The Balaban J connectivity index is 1.85. The summed E-state index contributed by atoms with van der Waals surface area (Å²) in [5, 5.41) is 0.966. The van der Waals surface area contributed by atoms with Crippen molar-refractivity contribution in [2.24, 2.45) is 5.92 Å². The molecule has 2 aliphatic rings. The second kappa shape index (κ2) is 6.38. The van der Waals surface area contributed by atoms with Crippen LogP contribution in [-0.4, -0.2) is 23.4 Å². The number of carbonyl (C=O) groups excluding carboxylic acids is 1. The molecule has 0 saturated carbocycles. The molecule has 2 aliphatic heterocycles. The lowest BCUT2D eigenvalue weighted by atomic mass is 9.84. The van der Waals surface area contributed by atoms with Gasteiger partial charge in [-0.15, -0.1) is 0 Å². The van der Waals surface area contributed by atoms with Crippen molar-refractivity contribution in [2.45, 2.75) is 48.8 Å². The quantitative estimate of drug-likeness (QED) is 0.725. The first-order valence-electron chi connectivity index (χ1n) is 7.83. The minimum atomic E-state index is -4.53. The molecule has 2 atom stereocenters. The molecule has 1 aromatic carbocycles. The zero-order valence-corrected chi connectivity index (χ0v) is 13.7. The van der Waals surface area contributed by atoms with Crippen molar-refractivity contribution in [3.05, 3.63) is 29.3 Å². The predicted molar refractivity (Wildman–Crippen MR) is 84.1 cm³/mol. The van der Waals surface area contributed by atoms with Crippen molar-refractivity contribution >= 4 is 17.5 Å². The van der Waals surface area contributed by atoms with Crippen molar-refractivity contribution in [2.75, 3.05) is 7.11 Å². The van der Waals surface area contributed by atoms with E-state index in [4.69, 9.17) is 4.74 Å². The standard InChI is InChI=1S/C17H19F3O2S/c1-22-15-6-5-10(9-14(15)17(18,19)20)16(21)11-7-12-3-2-4-13(8-11)23-12/h5-6,9,11-13H,2-4,7-8H2,1H3. The molecule has 2 bridgehead atoms. The zero-order valence-electron chi connectivity index (χ0n) is 12.9. The first-order valence-corrected chi connectivity index (χ1v) is 8.77. The van der Waals surface area contributed by atoms with E-state index in [1.807, 2.05) is 11.8 Å². The van der Waals surface area contributed by atoms with Gasteiger partial charge in [-0.25, -0.2) is 0 Å². The number of rotatable bonds is 3. The van der Waals surface area contributed by atoms with Crippen LogP contribution in [0.2, 0.25) is 0 Å². The minimum Gasteiger partial charge on any atom is -0.496 e. The van der Waals surface area contributed by atoms with Gasteiger partial charge in [-0.2, -0.15) is 24.9 Å². The molecular weight excluding hydrogens is 325 g/mol. The van der Waals surface area contributed by atoms with Crippen LogP contribution >= 0.6 is 11.8 Å². The summed E-state index contributed by atoms with van der Waals surface area (Å²) in [6.07, 6.45) is 0.466. The number of fused-ring (bicyclic) bond motifs is 2. The monoisotopic (exact) mass is 344 g/mol. The first kappa shape index (κ1) is 16.7. The molecule has 0 spiro atoms. The lowest BCUT2D eigenvalue weighted by Gasteiger charge is -2.38. The maximum absolute atomic E-state index is 13.1. The molecule has 2 saturated heterocycles. The Morgan fingerprint density at radius 2 is 1.87 bits per heavy atom. The van der Waals surface area contributed by atoms with Gasteiger partial charge in [0, 0.05) is 22.0 Å². The van der Waals surface area contributed by atoms with Gasteiger partial charge in [0.15, 0.2) is 5.78 Å². The van der Waals surface area contributed by atoms with Crippen molar-refractivity contribution in [3.8, 4) is 5.75 Å². The maximum atomic E-state index is 13.1. The summed E-state index contributed by atoms with van der Waals surface area (Å²) in [5.41, 5.74) is -0.732. The van der Waals surface area contributed by atoms with Gasteiger partial charge in [-0.3, -0.25) is 4.79 Å². The molecule has 0 aromatic heterocycles. The topological polar surface area (TPSA) is 26.3 Å². The Hall–Kier alpha value is -1.17. The summed E-state index contributed by atoms with van der Waals surface area (Å²) in [5.74, 6) is -0.554. The molecule has 2 heterocycles. The van der Waals surface area contributed by atoms with E-state index in [9.17, 15) is 18.0 Å². The minimum absolute atomic E-state index is 0.146. The van der Waals surface area contributed by atoms with Gasteiger partial charge < -0.3 is 4.74 Å². The molecule has 0 aliphatic carbocycles. The third kappa shape index (κ3) is 3.52. The van der Waals surface area contributed by atoms with Crippen LogP contribution in [0.25, 0.3) is 0 Å². The van der Waals surface area contributed by atoms with E-state index >= 15 is 0 Å². The number of Topliss-reactive ketones (excluding diaryl/α,β-unsaturated/α-hetero) is 1. The summed E-state index contributed by atoms with van der Waals surface area (Å²) in [6, 6.07) is 3.64. The molecule has 0 amide bonds. The summed E-state index contributed by atoms with van der Waals surface area (Å²) in [4.78, 5) is 12.7. The van der Waals surface area contributed by atoms with E-state index in [0.29, 0.717) is 10.5 Å². The molecule has 23 heavy (non-hydrogen) atoms. The van der Waals surface area contributed by atoms with Gasteiger partial charge in [0.25, 0.3) is 0 Å². The lowest BCUT2D eigenvalue weighted by Crippen LogP contribution is -2.33. The highest BCUT2D eigenvalue weighted by Crippen LogP contribution is 2.45. The zero-order chi connectivity index (χ0) is 16.6. The van der Waals surface area contributed by atoms with Crippen molar-refractivity contribution in [1.82, 2.24) is 0 Å². The normalized spacial score (nSPS) is 27.6. The molecular formula is C17H19F3O2S. The third-order valence-electron chi connectivity index (χ3n) is 4.69. The largest absolute Gasteiger partial charge is 0.496 e. The van der Waals surface area contributed by atoms with E-state index < -0.39 is 11.7 Å². The fourth-order valence-electron chi connectivity index (χ4n) is 3.59. The van der Waals surface area contributed by atoms with Crippen LogP contribution in [0.4, 0.5) is 13.2 Å². The number of methoxy groups -OCH3 is 1. The van der Waals surface area contributed by atoms with Crippen LogP contribution in [0, 0.1) is 5.92 Å². The van der Waals surface area contributed by atoms with Crippen LogP contribution in [0.1, 0.15) is 48.0 Å². The highest BCUT2D eigenvalue weighted by molar-refractivity contribution is 8.00. The molecule has 3 rings (SSSR count). The van der Waals surface area contributed by atoms with Crippen LogP contribution in [0.5, 0.6) is 5.75 Å². The number of ketones is 1. The SMILES string of the molecule is COc1ccc(C(=O)C2CC3CCCC(C2)S3)cc1C(F)(F)F. The van der Waals surface area contributed by atoms with Crippen molar-refractivity contribution in [3.63, 3.8) is 0 Å². The summed E-state index contributed by atoms with van der Waals surface area (Å²) < 4.78 is 44.1. The van der Waals surface area contributed by atoms with E-state index in [1.165, 1.54) is 25.7 Å². The molecule has 0 N–H and O–H groups in total.